The maximum Gasteiger partial charge on any atom is 0.190 e. The number of aliphatic hydroxyl groups is 1. The number of ether oxygens (including phenoxy) is 2. The van der Waals surface area contributed by atoms with Gasteiger partial charge in [0.2, 0.25) is 0 Å². The minimum atomic E-state index is -0.833. The molecule has 0 aliphatic carbocycles. The van der Waals surface area contributed by atoms with Gasteiger partial charge in [-0.3, -0.25) is 4.90 Å². The number of aliphatic hydroxyl groups excluding tert-OH is 1. The van der Waals surface area contributed by atoms with E-state index in [1.807, 2.05) is 13.8 Å². The van der Waals surface area contributed by atoms with Crippen LogP contribution >= 0.6 is 15.9 Å². The summed E-state index contributed by atoms with van der Waals surface area (Å²) in [6.07, 6.45) is -0.642. The molecule has 0 saturated carbocycles. The summed E-state index contributed by atoms with van der Waals surface area (Å²) in [6.45, 7) is 5.56. The van der Waals surface area contributed by atoms with E-state index in [1.54, 1.807) is 0 Å². The summed E-state index contributed by atoms with van der Waals surface area (Å²) < 4.78 is 38.2. The highest BCUT2D eigenvalue weighted by Gasteiger charge is 2.24. The Morgan fingerprint density at radius 2 is 1.86 bits per heavy atom. The van der Waals surface area contributed by atoms with Gasteiger partial charge in [0, 0.05) is 24.1 Å². The van der Waals surface area contributed by atoms with Crippen LogP contribution in [0.15, 0.2) is 16.6 Å². The van der Waals surface area contributed by atoms with Crippen LogP contribution in [0, 0.1) is 11.6 Å². The Labute approximate surface area is 137 Å². The molecule has 1 saturated heterocycles. The van der Waals surface area contributed by atoms with Crippen LogP contribution < -0.4 is 4.74 Å². The van der Waals surface area contributed by atoms with E-state index in [2.05, 4.69) is 20.8 Å². The predicted molar refractivity (Wildman–Crippen MR) is 82.0 cm³/mol. The van der Waals surface area contributed by atoms with Gasteiger partial charge < -0.3 is 14.6 Å². The van der Waals surface area contributed by atoms with Crippen molar-refractivity contribution in [2.24, 2.45) is 0 Å². The Kier molecular flexibility index (Phi) is 6.14. The van der Waals surface area contributed by atoms with Crippen molar-refractivity contribution in [2.45, 2.75) is 32.2 Å². The second kappa shape index (κ2) is 7.68. The van der Waals surface area contributed by atoms with Crippen LogP contribution in [0.1, 0.15) is 13.8 Å². The van der Waals surface area contributed by atoms with E-state index in [0.717, 1.165) is 12.1 Å². The first kappa shape index (κ1) is 17.6. The van der Waals surface area contributed by atoms with Gasteiger partial charge >= 0.3 is 0 Å². The highest BCUT2D eigenvalue weighted by molar-refractivity contribution is 9.10. The fraction of sp³-hybridized carbons (Fsp3) is 0.600. The lowest BCUT2D eigenvalue weighted by molar-refractivity contribution is -0.0787. The van der Waals surface area contributed by atoms with Crippen molar-refractivity contribution >= 4 is 15.9 Å². The summed E-state index contributed by atoms with van der Waals surface area (Å²) in [5, 5.41) is 10.0. The molecule has 124 valence electrons. The van der Waals surface area contributed by atoms with Crippen LogP contribution in [-0.4, -0.2) is 54.6 Å². The molecule has 1 N–H and O–H groups in total. The minimum Gasteiger partial charge on any atom is -0.485 e. The van der Waals surface area contributed by atoms with Crippen LogP contribution in [-0.2, 0) is 4.74 Å². The van der Waals surface area contributed by atoms with Gasteiger partial charge in [0.1, 0.15) is 12.7 Å². The van der Waals surface area contributed by atoms with Gasteiger partial charge in [-0.05, 0) is 26.0 Å². The molecule has 0 radical (unpaired) electrons. The van der Waals surface area contributed by atoms with Crippen LogP contribution in [0.25, 0.3) is 0 Å². The second-order valence-electron chi connectivity index (χ2n) is 5.64. The van der Waals surface area contributed by atoms with Crippen molar-refractivity contribution in [3.05, 3.63) is 28.2 Å². The first-order chi connectivity index (χ1) is 10.3. The van der Waals surface area contributed by atoms with Gasteiger partial charge in [-0.1, -0.05) is 15.9 Å². The van der Waals surface area contributed by atoms with Crippen molar-refractivity contribution in [3.63, 3.8) is 0 Å². The molecule has 1 aromatic carbocycles. The molecule has 1 aliphatic heterocycles. The normalized spacial score (nSPS) is 24.3. The molecule has 1 fully saturated rings. The number of β-amino-alcohol motifs (C(OH)–C–C–N with tert-alkyl or cyclic N) is 1. The van der Waals surface area contributed by atoms with Gasteiger partial charge in [0.25, 0.3) is 0 Å². The smallest absolute Gasteiger partial charge is 0.190 e. The van der Waals surface area contributed by atoms with Crippen molar-refractivity contribution in [3.8, 4) is 5.75 Å². The molecular formula is C15H20BrF2NO3. The van der Waals surface area contributed by atoms with Crippen LogP contribution in [0.4, 0.5) is 8.78 Å². The van der Waals surface area contributed by atoms with E-state index < -0.39 is 23.5 Å². The van der Waals surface area contributed by atoms with Crippen molar-refractivity contribution < 1.29 is 23.4 Å². The monoisotopic (exact) mass is 379 g/mol. The topological polar surface area (TPSA) is 41.9 Å². The third-order valence-corrected chi connectivity index (χ3v) is 3.81. The average molecular weight is 380 g/mol. The summed E-state index contributed by atoms with van der Waals surface area (Å²) in [4.78, 5) is 2.06. The van der Waals surface area contributed by atoms with Crippen molar-refractivity contribution in [1.29, 1.82) is 0 Å². The van der Waals surface area contributed by atoms with Gasteiger partial charge in [0.05, 0.1) is 12.2 Å². The molecule has 1 aliphatic rings. The predicted octanol–water partition coefficient (Wildman–Crippen LogP) is 2.58. The number of benzene rings is 1. The Hall–Kier alpha value is -0.760. The van der Waals surface area contributed by atoms with Crippen LogP contribution in [0.3, 0.4) is 0 Å². The molecule has 0 bridgehead atoms. The minimum absolute atomic E-state index is 0.0956. The number of rotatable bonds is 5. The zero-order chi connectivity index (χ0) is 16.3. The van der Waals surface area contributed by atoms with E-state index >= 15 is 0 Å². The zero-order valence-corrected chi connectivity index (χ0v) is 14.1. The number of hydrogen-bond donors (Lipinski definition) is 1. The molecule has 22 heavy (non-hydrogen) atoms. The molecular weight excluding hydrogens is 360 g/mol. The Balaban J connectivity index is 1.86. The zero-order valence-electron chi connectivity index (χ0n) is 12.6. The van der Waals surface area contributed by atoms with E-state index in [1.165, 1.54) is 0 Å². The van der Waals surface area contributed by atoms with Gasteiger partial charge in [-0.15, -0.1) is 0 Å². The van der Waals surface area contributed by atoms with Crippen molar-refractivity contribution in [2.75, 3.05) is 26.2 Å². The molecule has 0 amide bonds. The largest absolute Gasteiger partial charge is 0.485 e. The third-order valence-electron chi connectivity index (χ3n) is 3.35. The highest BCUT2D eigenvalue weighted by atomic mass is 79.9. The number of morpholine rings is 1. The molecule has 0 spiro atoms. The summed E-state index contributed by atoms with van der Waals surface area (Å²) in [5.41, 5.74) is 0. The quantitative estimate of drug-likeness (QED) is 0.853. The standard InChI is InChI=1S/C15H20BrF2NO3/c1-9-5-19(6-10(2)22-9)7-12(20)8-21-15-13(17)3-11(16)4-14(15)18/h3-4,9-10,12,20H,5-8H2,1-2H3/t9-,10-,12+/m1/s1. The number of nitrogens with zero attached hydrogens (tertiary/aromatic N) is 1. The Bertz CT molecular complexity index is 485. The average Bonchev–Trinajstić information content (AvgIpc) is 2.35. The first-order valence-electron chi connectivity index (χ1n) is 7.18. The second-order valence-corrected chi connectivity index (χ2v) is 6.55. The molecule has 4 nitrogen and oxygen atoms in total. The highest BCUT2D eigenvalue weighted by Crippen LogP contribution is 2.26. The molecule has 0 aromatic heterocycles. The lowest BCUT2D eigenvalue weighted by Crippen LogP contribution is -2.48. The summed E-state index contributed by atoms with van der Waals surface area (Å²) in [5.74, 6) is -2.06. The maximum absolute atomic E-state index is 13.6. The first-order valence-corrected chi connectivity index (χ1v) is 7.97. The number of hydrogen-bond acceptors (Lipinski definition) is 4. The van der Waals surface area contributed by atoms with Gasteiger partial charge in [-0.25, -0.2) is 8.78 Å². The molecule has 3 atom stereocenters. The van der Waals surface area contributed by atoms with Crippen LogP contribution in [0.2, 0.25) is 0 Å². The Morgan fingerprint density at radius 3 is 2.41 bits per heavy atom. The fourth-order valence-corrected chi connectivity index (χ4v) is 3.03. The summed E-state index contributed by atoms with van der Waals surface area (Å²) in [7, 11) is 0. The van der Waals surface area contributed by atoms with E-state index in [0.29, 0.717) is 24.1 Å². The van der Waals surface area contributed by atoms with E-state index in [-0.39, 0.29) is 18.8 Å². The van der Waals surface area contributed by atoms with Gasteiger partial charge in [0.15, 0.2) is 17.4 Å². The van der Waals surface area contributed by atoms with Crippen molar-refractivity contribution in [1.82, 2.24) is 4.90 Å². The van der Waals surface area contributed by atoms with E-state index in [9.17, 15) is 13.9 Å². The summed E-state index contributed by atoms with van der Waals surface area (Å²) >= 11 is 3.00. The Morgan fingerprint density at radius 1 is 1.32 bits per heavy atom. The summed E-state index contributed by atoms with van der Waals surface area (Å²) in [6, 6.07) is 2.24. The lowest BCUT2D eigenvalue weighted by Gasteiger charge is -2.36. The van der Waals surface area contributed by atoms with Crippen LogP contribution in [0.5, 0.6) is 5.75 Å². The van der Waals surface area contributed by atoms with E-state index in [4.69, 9.17) is 9.47 Å². The molecule has 1 aromatic rings. The van der Waals surface area contributed by atoms with Gasteiger partial charge in [-0.2, -0.15) is 0 Å². The molecule has 1 heterocycles. The number of halogens is 3. The molecule has 0 unspecified atom stereocenters. The molecule has 7 heteroatoms. The lowest BCUT2D eigenvalue weighted by atomic mass is 10.2. The maximum atomic E-state index is 13.6. The molecule has 2 rings (SSSR count). The third kappa shape index (κ3) is 4.87. The SMILES string of the molecule is C[C@@H]1CN(C[C@H](O)COc2c(F)cc(Br)cc2F)C[C@@H](C)O1. The fourth-order valence-electron chi connectivity index (χ4n) is 2.63.